The molecule has 2 aromatic carbocycles. The average Bonchev–Trinajstić information content (AvgIpc) is 3.06. The van der Waals surface area contributed by atoms with Crippen LogP contribution in [0.5, 0.6) is 0 Å². The number of hydrogen-bond acceptors (Lipinski definition) is 10. The molecule has 0 aliphatic heterocycles. The number of sulfone groups is 1. The summed E-state index contributed by atoms with van der Waals surface area (Å²) >= 11 is 0. The zero-order valence-electron chi connectivity index (χ0n) is 29.1. The zero-order valence-corrected chi connectivity index (χ0v) is 31.5. The van der Waals surface area contributed by atoms with Gasteiger partial charge in [0.05, 0.1) is 9.79 Å². The van der Waals surface area contributed by atoms with Crippen LogP contribution in [0.25, 0.3) is 0 Å². The van der Waals surface area contributed by atoms with Crippen molar-refractivity contribution in [3.05, 3.63) is 48.5 Å². The van der Waals surface area contributed by atoms with Crippen LogP contribution in [0, 0.1) is 0 Å². The summed E-state index contributed by atoms with van der Waals surface area (Å²) in [5.74, 6) is -1.74. The fraction of sp³-hybridized carbons (Fsp3) is 0.611. The van der Waals surface area contributed by atoms with E-state index in [1.807, 2.05) is 0 Å². The van der Waals surface area contributed by atoms with Crippen molar-refractivity contribution in [3.63, 3.8) is 0 Å². The molecule has 0 aliphatic rings. The minimum absolute atomic E-state index is 0.0360. The van der Waals surface area contributed by atoms with Gasteiger partial charge in [-0.1, -0.05) is 117 Å². The molecule has 2 aromatic rings. The van der Waals surface area contributed by atoms with Crippen molar-refractivity contribution in [2.24, 2.45) is 0 Å². The number of rotatable bonds is 26. The van der Waals surface area contributed by atoms with Gasteiger partial charge in [0.1, 0.15) is 9.79 Å². The summed E-state index contributed by atoms with van der Waals surface area (Å²) in [7, 11) is -13.1. The third-order valence-corrected chi connectivity index (χ3v) is 12.5. The van der Waals surface area contributed by atoms with Gasteiger partial charge in [-0.25, -0.2) is 8.42 Å². The maximum atomic E-state index is 13.2. The Kier molecular flexibility index (Phi) is 19.1. The van der Waals surface area contributed by atoms with Crippen molar-refractivity contribution in [1.29, 1.82) is 0 Å². The van der Waals surface area contributed by atoms with E-state index in [1.54, 1.807) is 0 Å². The molecule has 0 unspecified atom stereocenters. The van der Waals surface area contributed by atoms with Crippen molar-refractivity contribution in [3.8, 4) is 0 Å². The lowest BCUT2D eigenvalue weighted by atomic mass is 10.1. The van der Waals surface area contributed by atoms with Crippen LogP contribution in [0.4, 0.5) is 0 Å². The van der Waals surface area contributed by atoms with Crippen LogP contribution in [-0.2, 0) is 48.0 Å². The van der Waals surface area contributed by atoms with Crippen LogP contribution >= 0.6 is 0 Å². The Morgan fingerprint density at radius 3 is 0.939 bits per heavy atom. The molecule has 0 fully saturated rings. The number of unbranched alkanes of at least 4 members (excludes halogenated alkanes) is 16. The molecule has 0 bridgehead atoms. The predicted octanol–water partition coefficient (Wildman–Crippen LogP) is 8.83. The monoisotopic (exact) mass is 742 g/mol. The lowest BCUT2D eigenvalue weighted by molar-refractivity contribution is -0.135. The first-order valence-corrected chi connectivity index (χ1v) is 22.0. The molecule has 0 radical (unpaired) electrons. The Hall–Kier alpha value is -2.77. The average molecular weight is 743 g/mol. The quantitative estimate of drug-likeness (QED) is 0.0674. The van der Waals surface area contributed by atoms with Crippen molar-refractivity contribution in [1.82, 2.24) is 0 Å². The van der Waals surface area contributed by atoms with Gasteiger partial charge in [-0.15, -0.1) is 0 Å². The molecular formula is C36H54O10S3. The van der Waals surface area contributed by atoms with E-state index in [1.165, 1.54) is 51.4 Å². The summed E-state index contributed by atoms with van der Waals surface area (Å²) in [6, 6.07) is 8.37. The molecule has 0 N–H and O–H groups in total. The van der Waals surface area contributed by atoms with E-state index in [0.717, 1.165) is 99.9 Å². The van der Waals surface area contributed by atoms with Gasteiger partial charge in [-0.3, -0.25) is 9.59 Å². The Balaban J connectivity index is 1.86. The molecule has 0 saturated carbocycles. The number of benzene rings is 2. The first kappa shape index (κ1) is 42.4. The van der Waals surface area contributed by atoms with Crippen LogP contribution in [0.3, 0.4) is 0 Å². The van der Waals surface area contributed by atoms with Gasteiger partial charge in [-0.2, -0.15) is 16.8 Å². The molecule has 0 amide bonds. The molecule has 0 atom stereocenters. The van der Waals surface area contributed by atoms with Gasteiger partial charge in [0.15, 0.2) is 0 Å². The Labute approximate surface area is 294 Å². The van der Waals surface area contributed by atoms with Crippen molar-refractivity contribution < 1.29 is 43.2 Å². The number of hydrogen-bond donors (Lipinski definition) is 0. The molecule has 2 rings (SSSR count). The van der Waals surface area contributed by atoms with Crippen LogP contribution in [0.1, 0.15) is 142 Å². The highest BCUT2D eigenvalue weighted by atomic mass is 32.2. The maximum Gasteiger partial charge on any atom is 0.341 e. The van der Waals surface area contributed by atoms with Crippen LogP contribution in [0.2, 0.25) is 0 Å². The molecule has 13 heteroatoms. The highest BCUT2D eigenvalue weighted by molar-refractivity contribution is 7.91. The number of carbonyl (C=O) groups excluding carboxylic acids is 2. The van der Waals surface area contributed by atoms with Crippen molar-refractivity contribution in [2.75, 3.05) is 0 Å². The van der Waals surface area contributed by atoms with Crippen LogP contribution in [0.15, 0.2) is 68.1 Å². The summed E-state index contributed by atoms with van der Waals surface area (Å²) in [5.41, 5.74) is 0. The molecule has 0 heterocycles. The third-order valence-electron chi connectivity index (χ3n) is 8.22. The topological polar surface area (TPSA) is 155 Å². The smallest absolute Gasteiger partial charge is 0.341 e. The first-order chi connectivity index (χ1) is 23.3. The van der Waals surface area contributed by atoms with Gasteiger partial charge in [0.2, 0.25) is 9.84 Å². The number of carbonyl (C=O) groups is 2. The van der Waals surface area contributed by atoms with Gasteiger partial charge in [0.25, 0.3) is 0 Å². The Morgan fingerprint density at radius 1 is 0.408 bits per heavy atom. The third kappa shape index (κ3) is 15.8. The minimum atomic E-state index is -4.45. The van der Waals surface area contributed by atoms with Gasteiger partial charge < -0.3 is 8.37 Å². The van der Waals surface area contributed by atoms with E-state index in [9.17, 15) is 34.8 Å². The molecule has 0 aliphatic carbocycles. The van der Waals surface area contributed by atoms with Crippen LogP contribution in [-0.4, -0.2) is 37.2 Å². The fourth-order valence-corrected chi connectivity index (χ4v) is 8.34. The molecule has 10 nitrogen and oxygen atoms in total. The van der Waals surface area contributed by atoms with Gasteiger partial charge in [-0.05, 0) is 61.4 Å². The fourth-order valence-electron chi connectivity index (χ4n) is 5.29. The largest absolute Gasteiger partial charge is 0.342 e. The van der Waals surface area contributed by atoms with Crippen LogP contribution < -0.4 is 0 Å². The van der Waals surface area contributed by atoms with Gasteiger partial charge in [0, 0.05) is 12.8 Å². The normalized spacial score (nSPS) is 12.1. The van der Waals surface area contributed by atoms with Gasteiger partial charge >= 0.3 is 32.2 Å². The van der Waals surface area contributed by atoms with E-state index in [0.29, 0.717) is 12.8 Å². The molecule has 0 aromatic heterocycles. The van der Waals surface area contributed by atoms with E-state index in [2.05, 4.69) is 13.8 Å². The van der Waals surface area contributed by atoms with Crippen molar-refractivity contribution in [2.45, 2.75) is 162 Å². The Morgan fingerprint density at radius 2 is 0.653 bits per heavy atom. The molecule has 49 heavy (non-hydrogen) atoms. The summed E-state index contributed by atoms with van der Waals surface area (Å²) in [6.07, 6.45) is 18.6. The zero-order chi connectivity index (χ0) is 36.2. The summed E-state index contributed by atoms with van der Waals surface area (Å²) in [5, 5.41) is 0. The second-order valence-corrected chi connectivity index (χ2v) is 17.5. The SMILES string of the molecule is CCCCCCCCCCCC(=O)OS(=O)(=O)c1ccc(S(=O)(=O)c2ccc(S(=O)(=O)OC(=O)CCCCCCCCCCC)cc2)cc1. The predicted molar refractivity (Wildman–Crippen MR) is 189 cm³/mol. The standard InChI is InChI=1S/C36H54O10S3/c1-3-5-7-9-11-13-15-17-19-21-35(37)45-48(41,42)33-27-23-31(24-28-33)47(39,40)32-25-29-34(30-26-32)49(43,44)46-36(38)22-20-18-16-14-12-10-8-6-4-2/h23-30H,3-22H2,1-2H3. The second kappa shape index (κ2) is 22.1. The lowest BCUT2D eigenvalue weighted by Gasteiger charge is -2.09. The molecular weight excluding hydrogens is 689 g/mol. The summed E-state index contributed by atoms with van der Waals surface area (Å²) < 4.78 is 86.2. The summed E-state index contributed by atoms with van der Waals surface area (Å²) in [4.78, 5) is 23.0. The minimum Gasteiger partial charge on any atom is -0.342 e. The summed E-state index contributed by atoms with van der Waals surface area (Å²) in [6.45, 7) is 4.34. The molecule has 276 valence electrons. The Bertz CT molecular complexity index is 1480. The van der Waals surface area contributed by atoms with E-state index >= 15 is 0 Å². The van der Waals surface area contributed by atoms with E-state index in [4.69, 9.17) is 8.37 Å². The highest BCUT2D eigenvalue weighted by Crippen LogP contribution is 2.25. The first-order valence-electron chi connectivity index (χ1n) is 17.7. The van der Waals surface area contributed by atoms with E-state index < -0.39 is 42.0 Å². The lowest BCUT2D eigenvalue weighted by Crippen LogP contribution is -2.14. The molecule has 0 spiro atoms. The van der Waals surface area contributed by atoms with Crippen molar-refractivity contribution >= 4 is 42.0 Å². The van der Waals surface area contributed by atoms with E-state index in [-0.39, 0.29) is 32.4 Å². The maximum absolute atomic E-state index is 13.2. The second-order valence-electron chi connectivity index (χ2n) is 12.4. The highest BCUT2D eigenvalue weighted by Gasteiger charge is 2.25. The molecule has 0 saturated heterocycles.